The Kier molecular flexibility index (Phi) is 5.66. The zero-order valence-corrected chi connectivity index (χ0v) is 19.1. The van der Waals surface area contributed by atoms with Crippen LogP contribution >= 0.6 is 0 Å². The third-order valence-corrected chi connectivity index (χ3v) is 8.19. The summed E-state index contributed by atoms with van der Waals surface area (Å²) in [6.45, 7) is 1.54. The molecule has 2 aromatic carbocycles. The summed E-state index contributed by atoms with van der Waals surface area (Å²) in [4.78, 5) is 25.5. The van der Waals surface area contributed by atoms with E-state index in [1.165, 1.54) is 23.0 Å². The highest BCUT2D eigenvalue weighted by Gasteiger charge is 2.30. The second-order valence-electron chi connectivity index (χ2n) is 8.41. The van der Waals surface area contributed by atoms with Gasteiger partial charge in [0.15, 0.2) is 0 Å². The topological polar surface area (TPSA) is 119 Å². The molecular formula is C23H23N5O5S. The molecule has 2 aliphatic heterocycles. The van der Waals surface area contributed by atoms with Gasteiger partial charge in [0.1, 0.15) is 0 Å². The van der Waals surface area contributed by atoms with Crippen molar-refractivity contribution in [3.63, 3.8) is 0 Å². The molecule has 11 heteroatoms. The summed E-state index contributed by atoms with van der Waals surface area (Å²) < 4.78 is 29.1. The molecule has 1 saturated heterocycles. The summed E-state index contributed by atoms with van der Waals surface area (Å²) in [6.07, 6.45) is 6.41. The number of non-ortho nitro benzene ring substituents is 1. The van der Waals surface area contributed by atoms with E-state index in [0.29, 0.717) is 43.0 Å². The van der Waals surface area contributed by atoms with Crippen molar-refractivity contribution in [1.29, 1.82) is 0 Å². The van der Waals surface area contributed by atoms with Gasteiger partial charge in [-0.1, -0.05) is 6.42 Å². The van der Waals surface area contributed by atoms with E-state index in [1.54, 1.807) is 45.7 Å². The van der Waals surface area contributed by atoms with E-state index >= 15 is 0 Å². The molecular weight excluding hydrogens is 458 g/mol. The SMILES string of the molecule is O=C(c1cnn(-c2ccc([N+](=O)[O-])cc2)c1)N1CCc2cc(S(=O)(=O)N3CCCCC3)ccc21. The van der Waals surface area contributed by atoms with E-state index in [-0.39, 0.29) is 16.5 Å². The Bertz CT molecular complexity index is 1360. The second-order valence-corrected chi connectivity index (χ2v) is 10.3. The Hall–Kier alpha value is -3.57. The largest absolute Gasteiger partial charge is 0.308 e. The fourth-order valence-corrected chi connectivity index (χ4v) is 6.03. The average Bonchev–Trinajstić information content (AvgIpc) is 3.52. The second kappa shape index (κ2) is 8.65. The quantitative estimate of drug-likeness (QED) is 0.408. The fourth-order valence-electron chi connectivity index (χ4n) is 4.46. The summed E-state index contributed by atoms with van der Waals surface area (Å²) >= 11 is 0. The van der Waals surface area contributed by atoms with Crippen LogP contribution in [0, 0.1) is 10.1 Å². The van der Waals surface area contributed by atoms with Crippen LogP contribution in [-0.2, 0) is 16.4 Å². The van der Waals surface area contributed by atoms with Gasteiger partial charge in [-0.3, -0.25) is 14.9 Å². The van der Waals surface area contributed by atoms with Crippen LogP contribution in [-0.4, -0.2) is 53.0 Å². The van der Waals surface area contributed by atoms with Crippen LogP contribution in [0.5, 0.6) is 0 Å². The zero-order valence-electron chi connectivity index (χ0n) is 18.3. The van der Waals surface area contributed by atoms with Gasteiger partial charge < -0.3 is 4.90 Å². The molecule has 0 atom stereocenters. The molecule has 3 aromatic rings. The number of amides is 1. The summed E-state index contributed by atoms with van der Waals surface area (Å²) in [5, 5.41) is 15.1. The molecule has 0 aliphatic carbocycles. The van der Waals surface area contributed by atoms with Crippen molar-refractivity contribution in [2.75, 3.05) is 24.5 Å². The molecule has 10 nitrogen and oxygen atoms in total. The first-order valence-corrected chi connectivity index (χ1v) is 12.5. The number of piperidine rings is 1. The van der Waals surface area contributed by atoms with Crippen molar-refractivity contribution in [3.05, 3.63) is 76.1 Å². The number of sulfonamides is 1. The summed E-state index contributed by atoms with van der Waals surface area (Å²) in [6, 6.07) is 10.9. The van der Waals surface area contributed by atoms with E-state index < -0.39 is 14.9 Å². The number of carbonyl (C=O) groups excluding carboxylic acids is 1. The van der Waals surface area contributed by atoms with Gasteiger partial charge >= 0.3 is 0 Å². The van der Waals surface area contributed by atoms with E-state index in [9.17, 15) is 23.3 Å². The van der Waals surface area contributed by atoms with Crippen LogP contribution in [0.4, 0.5) is 11.4 Å². The molecule has 0 bridgehead atoms. The lowest BCUT2D eigenvalue weighted by Crippen LogP contribution is -2.35. The molecule has 34 heavy (non-hydrogen) atoms. The average molecular weight is 482 g/mol. The summed E-state index contributed by atoms with van der Waals surface area (Å²) in [7, 11) is -3.53. The molecule has 2 aliphatic rings. The minimum absolute atomic E-state index is 0.0254. The van der Waals surface area contributed by atoms with Crippen molar-refractivity contribution in [2.45, 2.75) is 30.6 Å². The monoisotopic (exact) mass is 481 g/mol. The molecule has 1 aromatic heterocycles. The number of hydrogen-bond donors (Lipinski definition) is 0. The smallest absolute Gasteiger partial charge is 0.269 e. The number of carbonyl (C=O) groups is 1. The van der Waals surface area contributed by atoms with Gasteiger partial charge in [0.25, 0.3) is 11.6 Å². The number of aromatic nitrogens is 2. The van der Waals surface area contributed by atoms with Crippen LogP contribution in [0.25, 0.3) is 5.69 Å². The predicted octanol–water partition coefficient (Wildman–Crippen LogP) is 3.16. The van der Waals surface area contributed by atoms with Crippen LogP contribution in [0.15, 0.2) is 59.8 Å². The summed E-state index contributed by atoms with van der Waals surface area (Å²) in [5.41, 5.74) is 2.47. The number of rotatable bonds is 5. The highest BCUT2D eigenvalue weighted by atomic mass is 32.2. The Balaban J connectivity index is 1.36. The standard InChI is InChI=1S/C23H23N5O5S/c29-23(18-15-24-27(16-18)19-4-6-20(7-5-19)28(30)31)26-13-10-17-14-21(8-9-22(17)26)34(32,33)25-11-2-1-3-12-25/h4-9,14-16H,1-3,10-13H2. The molecule has 1 amide bonds. The Morgan fingerprint density at radius 1 is 1.00 bits per heavy atom. The predicted molar refractivity (Wildman–Crippen MR) is 125 cm³/mol. The number of anilines is 1. The van der Waals surface area contributed by atoms with E-state index in [0.717, 1.165) is 24.8 Å². The van der Waals surface area contributed by atoms with E-state index in [1.807, 2.05) is 0 Å². The van der Waals surface area contributed by atoms with Gasteiger partial charge in [0.05, 0.1) is 27.3 Å². The van der Waals surface area contributed by atoms with E-state index in [4.69, 9.17) is 0 Å². The maximum absolute atomic E-state index is 13.2. The van der Waals surface area contributed by atoms with Crippen molar-refractivity contribution >= 4 is 27.3 Å². The third-order valence-electron chi connectivity index (χ3n) is 6.30. The molecule has 3 heterocycles. The van der Waals surface area contributed by atoms with Crippen molar-refractivity contribution in [1.82, 2.24) is 14.1 Å². The summed E-state index contributed by atoms with van der Waals surface area (Å²) in [5.74, 6) is -0.237. The van der Waals surface area contributed by atoms with Crippen molar-refractivity contribution in [2.24, 2.45) is 0 Å². The molecule has 0 unspecified atom stereocenters. The number of nitro groups is 1. The minimum atomic E-state index is -3.53. The van der Waals surface area contributed by atoms with Gasteiger partial charge in [0.2, 0.25) is 10.0 Å². The van der Waals surface area contributed by atoms with Crippen LogP contribution < -0.4 is 4.90 Å². The van der Waals surface area contributed by atoms with Gasteiger partial charge in [-0.05, 0) is 55.2 Å². The maximum Gasteiger partial charge on any atom is 0.269 e. The molecule has 176 valence electrons. The van der Waals surface area contributed by atoms with Gasteiger partial charge in [-0.2, -0.15) is 9.40 Å². The van der Waals surface area contributed by atoms with Crippen LogP contribution in [0.3, 0.4) is 0 Å². The number of benzene rings is 2. The molecule has 0 spiro atoms. The molecule has 0 saturated carbocycles. The first-order valence-electron chi connectivity index (χ1n) is 11.1. The van der Waals surface area contributed by atoms with Crippen molar-refractivity contribution in [3.8, 4) is 5.69 Å². The first kappa shape index (κ1) is 22.2. The molecule has 1 fully saturated rings. The van der Waals surface area contributed by atoms with E-state index in [2.05, 4.69) is 5.10 Å². The third kappa shape index (κ3) is 3.97. The lowest BCUT2D eigenvalue weighted by molar-refractivity contribution is -0.384. The lowest BCUT2D eigenvalue weighted by Gasteiger charge is -2.26. The first-order chi connectivity index (χ1) is 16.3. The normalized spacial score (nSPS) is 16.4. The maximum atomic E-state index is 13.2. The number of nitro benzene ring substituents is 1. The van der Waals surface area contributed by atoms with Crippen LogP contribution in [0.1, 0.15) is 35.2 Å². The highest BCUT2D eigenvalue weighted by molar-refractivity contribution is 7.89. The zero-order chi connectivity index (χ0) is 23.9. The molecule has 5 rings (SSSR count). The van der Waals surface area contributed by atoms with Crippen LogP contribution in [0.2, 0.25) is 0 Å². The number of nitrogens with zero attached hydrogens (tertiary/aromatic N) is 5. The minimum Gasteiger partial charge on any atom is -0.308 e. The van der Waals surface area contributed by atoms with Gasteiger partial charge in [0, 0.05) is 43.7 Å². The number of fused-ring (bicyclic) bond motifs is 1. The fraction of sp³-hybridized carbons (Fsp3) is 0.304. The number of hydrogen-bond acceptors (Lipinski definition) is 6. The lowest BCUT2D eigenvalue weighted by atomic mass is 10.2. The van der Waals surface area contributed by atoms with Gasteiger partial charge in [-0.25, -0.2) is 13.1 Å². The molecule has 0 N–H and O–H groups in total. The Morgan fingerprint density at radius 2 is 1.74 bits per heavy atom. The van der Waals surface area contributed by atoms with Crippen molar-refractivity contribution < 1.29 is 18.1 Å². The Morgan fingerprint density at radius 3 is 2.44 bits per heavy atom. The highest BCUT2D eigenvalue weighted by Crippen LogP contribution is 2.33. The van der Waals surface area contributed by atoms with Gasteiger partial charge in [-0.15, -0.1) is 0 Å². The Labute approximate surface area is 196 Å². The molecule has 0 radical (unpaired) electrons.